The van der Waals surface area contributed by atoms with Crippen molar-refractivity contribution in [3.05, 3.63) is 46.9 Å². The molecule has 3 heteroatoms. The molecule has 0 N–H and O–H groups in total. The predicted octanol–water partition coefficient (Wildman–Crippen LogP) is 5.56. The summed E-state index contributed by atoms with van der Waals surface area (Å²) in [6, 6.07) is 6.58. The molecule has 0 aromatic carbocycles. The topological polar surface area (TPSA) is 30.7 Å². The zero-order valence-electron chi connectivity index (χ0n) is 15.6. The second kappa shape index (κ2) is 6.39. The first-order valence-electron chi connectivity index (χ1n) is 8.87. The van der Waals surface area contributed by atoms with Gasteiger partial charge in [-0.15, -0.1) is 0 Å². The second-order valence-corrected chi connectivity index (χ2v) is 7.05. The Morgan fingerprint density at radius 1 is 1.04 bits per heavy atom. The Kier molecular flexibility index (Phi) is 4.44. The van der Waals surface area contributed by atoms with E-state index in [-0.39, 0.29) is 0 Å². The van der Waals surface area contributed by atoms with E-state index in [4.69, 9.17) is 9.97 Å². The van der Waals surface area contributed by atoms with Gasteiger partial charge in [-0.1, -0.05) is 20.8 Å². The maximum atomic E-state index is 5.02. The fraction of sp³-hybridized carbons (Fsp3) is 0.429. The summed E-state index contributed by atoms with van der Waals surface area (Å²) in [4.78, 5) is 9.80. The molecule has 3 aromatic rings. The minimum atomic E-state index is 0.444. The monoisotopic (exact) mass is 321 g/mol. The molecule has 0 spiro atoms. The minimum absolute atomic E-state index is 0.444. The van der Waals surface area contributed by atoms with Gasteiger partial charge in [-0.3, -0.25) is 4.98 Å². The van der Waals surface area contributed by atoms with Gasteiger partial charge in [0.15, 0.2) is 0 Å². The smallest absolute Gasteiger partial charge is 0.0917 e. The van der Waals surface area contributed by atoms with E-state index in [2.05, 4.69) is 70.5 Å². The van der Waals surface area contributed by atoms with Crippen molar-refractivity contribution in [3.63, 3.8) is 0 Å². The largest absolute Gasteiger partial charge is 0.346 e. The molecule has 0 radical (unpaired) electrons. The van der Waals surface area contributed by atoms with Crippen LogP contribution < -0.4 is 0 Å². The van der Waals surface area contributed by atoms with Crippen LogP contribution in [0.4, 0.5) is 0 Å². The van der Waals surface area contributed by atoms with E-state index in [9.17, 15) is 0 Å². The van der Waals surface area contributed by atoms with Crippen molar-refractivity contribution in [3.8, 4) is 11.3 Å². The summed E-state index contributed by atoms with van der Waals surface area (Å²) in [7, 11) is 0. The van der Waals surface area contributed by atoms with Crippen molar-refractivity contribution in [2.75, 3.05) is 0 Å². The summed E-state index contributed by atoms with van der Waals surface area (Å²) < 4.78 is 2.32. The van der Waals surface area contributed by atoms with E-state index in [0.29, 0.717) is 5.92 Å². The first-order valence-corrected chi connectivity index (χ1v) is 8.87. The normalized spacial score (nSPS) is 11.6. The lowest BCUT2D eigenvalue weighted by atomic mass is 10.0. The fourth-order valence-electron chi connectivity index (χ4n) is 3.32. The molecule has 0 unspecified atom stereocenters. The number of fused-ring (bicyclic) bond motifs is 1. The van der Waals surface area contributed by atoms with E-state index < -0.39 is 0 Å². The van der Waals surface area contributed by atoms with Gasteiger partial charge in [-0.2, -0.15) is 0 Å². The van der Waals surface area contributed by atoms with E-state index >= 15 is 0 Å². The Bertz CT molecular complexity index is 888. The van der Waals surface area contributed by atoms with E-state index in [1.165, 1.54) is 16.6 Å². The van der Waals surface area contributed by atoms with Crippen molar-refractivity contribution in [2.24, 2.45) is 0 Å². The molecule has 0 aliphatic carbocycles. The molecule has 0 aliphatic heterocycles. The van der Waals surface area contributed by atoms with Crippen molar-refractivity contribution >= 4 is 11.0 Å². The van der Waals surface area contributed by atoms with Crippen LogP contribution in [0.3, 0.4) is 0 Å². The summed E-state index contributed by atoms with van der Waals surface area (Å²) in [6.07, 6.45) is 3.35. The van der Waals surface area contributed by atoms with Gasteiger partial charge in [0, 0.05) is 29.7 Å². The molecule has 3 rings (SSSR count). The van der Waals surface area contributed by atoms with Crippen LogP contribution in [0.15, 0.2) is 24.4 Å². The molecule has 0 fully saturated rings. The third kappa shape index (κ3) is 2.83. The Balaban J connectivity index is 2.17. The average Bonchev–Trinajstić information content (AvgIpc) is 2.82. The summed E-state index contributed by atoms with van der Waals surface area (Å²) in [6.45, 7) is 14.0. The van der Waals surface area contributed by atoms with Gasteiger partial charge in [0.05, 0.1) is 16.7 Å². The molecular weight excluding hydrogens is 294 g/mol. The highest BCUT2D eigenvalue weighted by atomic mass is 15.0. The Morgan fingerprint density at radius 2 is 1.79 bits per heavy atom. The number of aryl methyl sites for hydroxylation is 4. The molecule has 126 valence electrons. The van der Waals surface area contributed by atoms with Gasteiger partial charge in [-0.05, 0) is 62.4 Å². The van der Waals surface area contributed by atoms with Crippen LogP contribution in [-0.4, -0.2) is 14.5 Å². The second-order valence-electron chi connectivity index (χ2n) is 7.05. The van der Waals surface area contributed by atoms with Crippen LogP contribution in [0.5, 0.6) is 0 Å². The summed E-state index contributed by atoms with van der Waals surface area (Å²) in [5.41, 5.74) is 9.18. The van der Waals surface area contributed by atoms with Crippen LogP contribution in [0.2, 0.25) is 0 Å². The Morgan fingerprint density at radius 3 is 2.42 bits per heavy atom. The Labute approximate surface area is 144 Å². The molecule has 0 atom stereocenters. The van der Waals surface area contributed by atoms with Crippen LogP contribution in [0.25, 0.3) is 22.3 Å². The quantitative estimate of drug-likeness (QED) is 0.630. The van der Waals surface area contributed by atoms with Gasteiger partial charge in [0.1, 0.15) is 0 Å². The lowest BCUT2D eigenvalue weighted by Crippen LogP contribution is -2.00. The molecule has 0 aliphatic rings. The van der Waals surface area contributed by atoms with Gasteiger partial charge in [0.25, 0.3) is 0 Å². The highest BCUT2D eigenvalue weighted by Gasteiger charge is 2.14. The number of aromatic nitrogens is 3. The molecule has 0 saturated heterocycles. The highest BCUT2D eigenvalue weighted by molar-refractivity contribution is 5.84. The van der Waals surface area contributed by atoms with Gasteiger partial charge >= 0.3 is 0 Å². The lowest BCUT2D eigenvalue weighted by molar-refractivity contribution is 0.702. The van der Waals surface area contributed by atoms with Gasteiger partial charge in [-0.25, -0.2) is 4.98 Å². The van der Waals surface area contributed by atoms with E-state index in [1.807, 2.05) is 0 Å². The van der Waals surface area contributed by atoms with Gasteiger partial charge in [0.2, 0.25) is 0 Å². The fourth-order valence-corrected chi connectivity index (χ4v) is 3.32. The van der Waals surface area contributed by atoms with E-state index in [0.717, 1.165) is 41.1 Å². The molecule has 0 amide bonds. The summed E-state index contributed by atoms with van der Waals surface area (Å²) >= 11 is 0. The predicted molar refractivity (Wildman–Crippen MR) is 102 cm³/mol. The number of rotatable bonds is 4. The molecular formula is C21H27N3. The van der Waals surface area contributed by atoms with Gasteiger partial charge < -0.3 is 4.57 Å². The third-order valence-corrected chi connectivity index (χ3v) is 4.64. The first-order chi connectivity index (χ1) is 11.4. The Hall–Kier alpha value is -2.16. The number of hydrogen-bond donors (Lipinski definition) is 0. The van der Waals surface area contributed by atoms with Crippen molar-refractivity contribution in [1.82, 2.24) is 14.5 Å². The summed E-state index contributed by atoms with van der Waals surface area (Å²) in [5, 5.41) is 0. The lowest BCUT2D eigenvalue weighted by Gasteiger charge is -2.12. The first kappa shape index (κ1) is 16.7. The molecule has 0 saturated carbocycles. The molecule has 0 bridgehead atoms. The third-order valence-electron chi connectivity index (χ3n) is 4.64. The van der Waals surface area contributed by atoms with Crippen LogP contribution >= 0.6 is 0 Å². The number of nitrogens with zero attached hydrogens (tertiary/aromatic N) is 3. The molecule has 3 aromatic heterocycles. The number of pyridine rings is 2. The average molecular weight is 321 g/mol. The van der Waals surface area contributed by atoms with Crippen molar-refractivity contribution in [1.29, 1.82) is 0 Å². The highest BCUT2D eigenvalue weighted by Crippen LogP contribution is 2.30. The molecule has 3 nitrogen and oxygen atoms in total. The van der Waals surface area contributed by atoms with Crippen molar-refractivity contribution in [2.45, 2.75) is 60.4 Å². The minimum Gasteiger partial charge on any atom is -0.346 e. The molecule has 3 heterocycles. The zero-order chi connectivity index (χ0) is 17.4. The summed E-state index contributed by atoms with van der Waals surface area (Å²) in [5.74, 6) is 0.444. The number of hydrogen-bond acceptors (Lipinski definition) is 2. The van der Waals surface area contributed by atoms with Crippen LogP contribution in [0, 0.1) is 20.8 Å². The maximum absolute atomic E-state index is 5.02. The standard InChI is InChI=1S/C21H27N3/c1-7-10-24-12-15(5)21-19(24)11-14(4)20(23-21)17-8-9-18(13(2)3)22-16(17)6/h8-9,11-13H,7,10H2,1-6H3. The maximum Gasteiger partial charge on any atom is 0.0917 e. The SMILES string of the molecule is CCCn1cc(C)c2nc(-c3ccc(C(C)C)nc3C)c(C)cc21. The van der Waals surface area contributed by atoms with E-state index in [1.54, 1.807) is 0 Å². The molecule has 24 heavy (non-hydrogen) atoms. The van der Waals surface area contributed by atoms with Crippen LogP contribution in [0.1, 0.15) is 55.6 Å². The van der Waals surface area contributed by atoms with Crippen molar-refractivity contribution < 1.29 is 0 Å². The zero-order valence-corrected chi connectivity index (χ0v) is 15.6. The van der Waals surface area contributed by atoms with Crippen LogP contribution in [-0.2, 0) is 6.54 Å².